The van der Waals surface area contributed by atoms with Crippen molar-refractivity contribution in [2.45, 2.75) is 35.5 Å². The van der Waals surface area contributed by atoms with Gasteiger partial charge in [-0.3, -0.25) is 0 Å². The van der Waals surface area contributed by atoms with Crippen LogP contribution in [-0.2, 0) is 21.2 Å². The number of hydrogen-bond donors (Lipinski definition) is 1. The molecule has 0 saturated carbocycles. The molecule has 3 rings (SSSR count). The first kappa shape index (κ1) is 21.2. The van der Waals surface area contributed by atoms with E-state index in [-0.39, 0.29) is 16.0 Å². The van der Waals surface area contributed by atoms with Gasteiger partial charge in [-0.1, -0.05) is 54.1 Å². The predicted molar refractivity (Wildman–Crippen MR) is 110 cm³/mol. The first-order chi connectivity index (χ1) is 12.7. The lowest BCUT2D eigenvalue weighted by Gasteiger charge is -2.14. The lowest BCUT2D eigenvalue weighted by molar-refractivity contribution is 0.462. The molecule has 4 nitrogen and oxygen atoms in total. The third-order valence-corrected chi connectivity index (χ3v) is 6.55. The van der Waals surface area contributed by atoms with E-state index in [0.29, 0.717) is 11.1 Å². The lowest BCUT2D eigenvalue weighted by Crippen LogP contribution is -2.13. The Kier molecular flexibility index (Phi) is 7.21. The highest BCUT2D eigenvalue weighted by Crippen LogP contribution is 2.21. The average molecular weight is 402 g/mol. The second-order valence-corrected chi connectivity index (χ2v) is 9.08. The third kappa shape index (κ3) is 5.94. The fraction of sp³-hybridized carbons (Fsp3) is 0.143. The van der Waals surface area contributed by atoms with Crippen molar-refractivity contribution < 1.29 is 13.0 Å². The first-order valence-electron chi connectivity index (χ1n) is 8.32. The molecule has 0 spiro atoms. The Hall–Kier alpha value is -2.12. The number of benzene rings is 3. The summed E-state index contributed by atoms with van der Waals surface area (Å²) in [6, 6.07) is 23.7. The van der Waals surface area contributed by atoms with Gasteiger partial charge in [0.05, 0.1) is 4.90 Å². The van der Waals surface area contributed by atoms with Gasteiger partial charge < -0.3 is 4.55 Å². The molecule has 27 heavy (non-hydrogen) atoms. The molecule has 0 unspecified atom stereocenters. The van der Waals surface area contributed by atoms with Crippen molar-refractivity contribution in [3.63, 3.8) is 0 Å². The Bertz CT molecular complexity index is 926. The molecule has 0 aliphatic carbocycles. The van der Waals surface area contributed by atoms with Crippen LogP contribution in [0.5, 0.6) is 0 Å². The lowest BCUT2D eigenvalue weighted by atomic mass is 10.1. The maximum absolute atomic E-state index is 10.8. The van der Waals surface area contributed by atoms with E-state index in [1.807, 2.05) is 43.3 Å². The Balaban J connectivity index is 0.000000194. The average Bonchev–Trinajstić information content (AvgIpc) is 2.61. The van der Waals surface area contributed by atoms with E-state index < -0.39 is 10.1 Å². The fourth-order valence-electron chi connectivity index (χ4n) is 2.83. The van der Waals surface area contributed by atoms with Crippen LogP contribution in [0.3, 0.4) is 0 Å². The molecule has 3 aromatic carbocycles. The van der Waals surface area contributed by atoms with E-state index in [2.05, 4.69) is 24.3 Å². The minimum atomic E-state index is -4.33. The van der Waals surface area contributed by atoms with Gasteiger partial charge >= 0.3 is 0 Å². The van der Waals surface area contributed by atoms with Crippen LogP contribution in [0.25, 0.3) is 0 Å². The van der Waals surface area contributed by atoms with Crippen molar-refractivity contribution in [2.75, 3.05) is 0 Å². The van der Waals surface area contributed by atoms with Crippen molar-refractivity contribution in [2.24, 2.45) is 5.14 Å². The van der Waals surface area contributed by atoms with Crippen LogP contribution in [-0.4, -0.2) is 13.0 Å². The maximum Gasteiger partial charge on any atom is 0.181 e. The second kappa shape index (κ2) is 9.19. The molecule has 0 amide bonds. The molecule has 0 saturated heterocycles. The summed E-state index contributed by atoms with van der Waals surface area (Å²) in [6.45, 7) is 5.12. The van der Waals surface area contributed by atoms with E-state index in [9.17, 15) is 13.0 Å². The molecule has 0 bridgehead atoms. The van der Waals surface area contributed by atoms with Crippen LogP contribution in [0.15, 0.2) is 87.5 Å². The smallest absolute Gasteiger partial charge is 0.181 e. The molecular formula is C21H23NO3S2. The van der Waals surface area contributed by atoms with Crippen LogP contribution in [0, 0.1) is 20.8 Å². The summed E-state index contributed by atoms with van der Waals surface area (Å²) in [5, 5.41) is 6.14. The van der Waals surface area contributed by atoms with Gasteiger partial charge in [0.1, 0.15) is 21.2 Å². The normalized spacial score (nSPS) is 11.0. The van der Waals surface area contributed by atoms with E-state index in [0.717, 1.165) is 5.56 Å². The van der Waals surface area contributed by atoms with Crippen LogP contribution in [0.2, 0.25) is 0 Å². The van der Waals surface area contributed by atoms with E-state index >= 15 is 0 Å². The van der Waals surface area contributed by atoms with Crippen molar-refractivity contribution in [3.05, 3.63) is 89.5 Å². The van der Waals surface area contributed by atoms with Gasteiger partial charge in [-0.05, 0) is 56.2 Å². The topological polar surface area (TPSA) is 83.2 Å². The van der Waals surface area contributed by atoms with Crippen molar-refractivity contribution >= 4 is 21.2 Å². The zero-order valence-corrected chi connectivity index (χ0v) is 17.2. The summed E-state index contributed by atoms with van der Waals surface area (Å²) >= 11 is -0.297. The SMILES string of the molecule is Cc1cc(C)c(S(=O)(=O)[O-])c(C)c1.N[S+](c1ccccc1)c1ccccc1. The molecule has 0 radical (unpaired) electrons. The van der Waals surface area contributed by atoms with Crippen LogP contribution in [0.4, 0.5) is 0 Å². The summed E-state index contributed by atoms with van der Waals surface area (Å²) < 4.78 is 32.5. The standard InChI is InChI=1S/C12H12NS.C9H12O3S/c13-14(11-7-3-1-4-8-11)12-9-5-2-6-10-12;1-6-4-7(2)9(8(3)5-6)13(10,11)12/h1-10H,13H2;4-5H,1-3H3,(H,10,11,12)/q+1;/p-1. The molecular weight excluding hydrogens is 378 g/mol. The van der Waals surface area contributed by atoms with Crippen LogP contribution < -0.4 is 5.14 Å². The highest BCUT2D eigenvalue weighted by molar-refractivity contribution is 7.94. The molecule has 0 fully saturated rings. The van der Waals surface area contributed by atoms with Crippen LogP contribution in [0.1, 0.15) is 16.7 Å². The second-order valence-electron chi connectivity index (χ2n) is 6.15. The van der Waals surface area contributed by atoms with E-state index in [4.69, 9.17) is 5.14 Å². The zero-order chi connectivity index (χ0) is 20.0. The molecule has 0 aromatic heterocycles. The monoisotopic (exact) mass is 401 g/mol. The quantitative estimate of drug-likeness (QED) is 0.529. The minimum absolute atomic E-state index is 0.0851. The van der Waals surface area contributed by atoms with Crippen molar-refractivity contribution in [1.29, 1.82) is 0 Å². The van der Waals surface area contributed by atoms with E-state index in [1.54, 1.807) is 26.0 Å². The van der Waals surface area contributed by atoms with Gasteiger partial charge in [-0.15, -0.1) is 5.14 Å². The predicted octanol–water partition coefficient (Wildman–Crippen LogP) is 4.11. The van der Waals surface area contributed by atoms with Crippen molar-refractivity contribution in [1.82, 2.24) is 0 Å². The first-order valence-corrected chi connectivity index (χ1v) is 11.0. The largest absolute Gasteiger partial charge is 0.744 e. The van der Waals surface area contributed by atoms with E-state index in [1.165, 1.54) is 9.79 Å². The minimum Gasteiger partial charge on any atom is -0.744 e. The summed E-state index contributed by atoms with van der Waals surface area (Å²) in [6.07, 6.45) is 0. The summed E-state index contributed by atoms with van der Waals surface area (Å²) in [4.78, 5) is 2.27. The molecule has 3 aromatic rings. The third-order valence-electron chi connectivity index (χ3n) is 3.85. The Morgan fingerprint density at radius 1 is 0.778 bits per heavy atom. The highest BCUT2D eigenvalue weighted by Gasteiger charge is 2.19. The summed E-state index contributed by atoms with van der Waals surface area (Å²) in [7, 11) is -4.33. The van der Waals surface area contributed by atoms with Crippen molar-refractivity contribution in [3.8, 4) is 0 Å². The highest BCUT2D eigenvalue weighted by atomic mass is 32.2. The molecule has 6 heteroatoms. The van der Waals surface area contributed by atoms with Gasteiger partial charge in [0.15, 0.2) is 9.79 Å². The van der Waals surface area contributed by atoms with Gasteiger partial charge in [0.25, 0.3) is 0 Å². The molecule has 2 N–H and O–H groups in total. The molecule has 0 aliphatic heterocycles. The number of hydrogen-bond acceptors (Lipinski definition) is 4. The Morgan fingerprint density at radius 2 is 1.15 bits per heavy atom. The van der Waals surface area contributed by atoms with Gasteiger partial charge in [0, 0.05) is 0 Å². The van der Waals surface area contributed by atoms with Gasteiger partial charge in [-0.25, -0.2) is 8.42 Å². The van der Waals surface area contributed by atoms with Gasteiger partial charge in [0.2, 0.25) is 0 Å². The summed E-state index contributed by atoms with van der Waals surface area (Å²) in [5.41, 5.74) is 2.00. The fourth-order valence-corrected chi connectivity index (χ4v) is 4.91. The zero-order valence-electron chi connectivity index (χ0n) is 15.5. The number of rotatable bonds is 3. The molecule has 0 atom stereocenters. The van der Waals surface area contributed by atoms with Crippen LogP contribution >= 0.6 is 0 Å². The Labute approximate surface area is 164 Å². The number of aryl methyl sites for hydroxylation is 3. The van der Waals surface area contributed by atoms with Gasteiger partial charge in [-0.2, -0.15) is 0 Å². The maximum atomic E-state index is 10.8. The number of nitrogens with two attached hydrogens (primary N) is 1. The molecule has 142 valence electrons. The Morgan fingerprint density at radius 3 is 1.48 bits per heavy atom. The molecule has 0 aliphatic rings. The summed E-state index contributed by atoms with van der Waals surface area (Å²) in [5.74, 6) is 0. The molecule has 0 heterocycles.